The van der Waals surface area contributed by atoms with Crippen LogP contribution in [0.25, 0.3) is 0 Å². The summed E-state index contributed by atoms with van der Waals surface area (Å²) in [6.45, 7) is 7.75. The van der Waals surface area contributed by atoms with Gasteiger partial charge in [0.05, 0.1) is 6.04 Å². The topological polar surface area (TPSA) is 12.4 Å². The van der Waals surface area contributed by atoms with Gasteiger partial charge in [0.2, 0.25) is 0 Å². The van der Waals surface area contributed by atoms with Crippen LogP contribution in [0.4, 0.5) is 0 Å². The SMILES string of the molecule is C=C=NC(CC)CCC. The predicted octanol–water partition coefficient (Wildman–Crippen LogP) is 2.42. The lowest BCUT2D eigenvalue weighted by atomic mass is 10.1. The summed E-state index contributed by atoms with van der Waals surface area (Å²) in [6, 6.07) is 0.465. The molecule has 1 atom stereocenters. The van der Waals surface area contributed by atoms with E-state index in [0.717, 1.165) is 6.42 Å². The first-order valence-electron chi connectivity index (χ1n) is 3.57. The van der Waals surface area contributed by atoms with Crippen molar-refractivity contribution in [3.63, 3.8) is 0 Å². The van der Waals surface area contributed by atoms with Crippen LogP contribution in [0.15, 0.2) is 11.6 Å². The maximum absolute atomic E-state index is 4.07. The Hall–Kier alpha value is -0.550. The minimum absolute atomic E-state index is 0.465. The van der Waals surface area contributed by atoms with Crippen LogP contribution >= 0.6 is 0 Å². The number of hydrogen-bond acceptors (Lipinski definition) is 1. The van der Waals surface area contributed by atoms with Gasteiger partial charge in [-0.05, 0) is 25.3 Å². The second-order valence-electron chi connectivity index (χ2n) is 2.14. The molecular formula is C8H15N. The van der Waals surface area contributed by atoms with Crippen LogP contribution in [0, 0.1) is 0 Å². The summed E-state index contributed by atoms with van der Waals surface area (Å²) in [5.74, 6) is 2.58. The van der Waals surface area contributed by atoms with Crippen molar-refractivity contribution in [1.82, 2.24) is 0 Å². The standard InChI is InChI=1S/C8H15N/c1-4-7-8(5-2)9-6-3/h8H,3-5,7H2,1-2H3. The third-order valence-corrected chi connectivity index (χ3v) is 1.37. The number of rotatable bonds is 4. The van der Waals surface area contributed by atoms with Gasteiger partial charge >= 0.3 is 0 Å². The number of hydrogen-bond donors (Lipinski definition) is 0. The molecule has 0 aromatic rings. The van der Waals surface area contributed by atoms with Crippen molar-refractivity contribution in [2.24, 2.45) is 4.99 Å². The molecule has 0 saturated carbocycles. The van der Waals surface area contributed by atoms with E-state index in [2.05, 4.69) is 31.3 Å². The zero-order chi connectivity index (χ0) is 7.11. The van der Waals surface area contributed by atoms with Crippen LogP contribution in [0.5, 0.6) is 0 Å². The first-order valence-corrected chi connectivity index (χ1v) is 3.57. The monoisotopic (exact) mass is 125 g/mol. The van der Waals surface area contributed by atoms with Crippen LogP contribution in [0.1, 0.15) is 33.1 Å². The highest BCUT2D eigenvalue weighted by molar-refractivity contribution is 5.46. The van der Waals surface area contributed by atoms with E-state index in [9.17, 15) is 0 Å². The average molecular weight is 125 g/mol. The first kappa shape index (κ1) is 8.45. The summed E-state index contributed by atoms with van der Waals surface area (Å²) >= 11 is 0. The molecule has 1 nitrogen and oxygen atoms in total. The van der Waals surface area contributed by atoms with Crippen LogP contribution in [0.3, 0.4) is 0 Å². The Morgan fingerprint density at radius 1 is 1.56 bits per heavy atom. The third-order valence-electron chi connectivity index (χ3n) is 1.37. The molecule has 0 bridgehead atoms. The Morgan fingerprint density at radius 3 is 2.56 bits per heavy atom. The highest BCUT2D eigenvalue weighted by atomic mass is 14.7. The van der Waals surface area contributed by atoms with E-state index >= 15 is 0 Å². The molecule has 0 aromatic heterocycles. The van der Waals surface area contributed by atoms with Gasteiger partial charge in [0, 0.05) is 0 Å². The summed E-state index contributed by atoms with van der Waals surface area (Å²) in [5, 5.41) is 0. The second-order valence-corrected chi connectivity index (χ2v) is 2.14. The normalized spacial score (nSPS) is 12.2. The maximum atomic E-state index is 4.07. The van der Waals surface area contributed by atoms with E-state index in [1.54, 1.807) is 0 Å². The van der Waals surface area contributed by atoms with Crippen LogP contribution in [-0.2, 0) is 0 Å². The van der Waals surface area contributed by atoms with Crippen molar-refractivity contribution in [2.45, 2.75) is 39.2 Å². The Kier molecular flexibility index (Phi) is 5.24. The fourth-order valence-electron chi connectivity index (χ4n) is 0.822. The van der Waals surface area contributed by atoms with Crippen molar-refractivity contribution < 1.29 is 0 Å². The molecule has 0 N–H and O–H groups in total. The van der Waals surface area contributed by atoms with Gasteiger partial charge < -0.3 is 0 Å². The largest absolute Gasteiger partial charge is 0.240 e. The Bertz CT molecular complexity index is 101. The lowest BCUT2D eigenvalue weighted by Gasteiger charge is -2.03. The smallest absolute Gasteiger partial charge is 0.0591 e. The van der Waals surface area contributed by atoms with E-state index in [-0.39, 0.29) is 0 Å². The summed E-state index contributed by atoms with van der Waals surface area (Å²) < 4.78 is 0. The fourth-order valence-corrected chi connectivity index (χ4v) is 0.822. The van der Waals surface area contributed by atoms with E-state index < -0.39 is 0 Å². The molecule has 0 heterocycles. The minimum atomic E-state index is 0.465. The van der Waals surface area contributed by atoms with Gasteiger partial charge in [-0.1, -0.05) is 20.3 Å². The fraction of sp³-hybridized carbons (Fsp3) is 0.750. The maximum Gasteiger partial charge on any atom is 0.0591 e. The van der Waals surface area contributed by atoms with E-state index in [0.29, 0.717) is 6.04 Å². The summed E-state index contributed by atoms with van der Waals surface area (Å²) in [4.78, 5) is 4.07. The Balaban J connectivity index is 3.53. The van der Waals surface area contributed by atoms with Crippen molar-refractivity contribution >= 4 is 5.87 Å². The summed E-state index contributed by atoms with van der Waals surface area (Å²) in [5.41, 5.74) is 0. The van der Waals surface area contributed by atoms with Gasteiger partial charge in [0.1, 0.15) is 0 Å². The second kappa shape index (κ2) is 5.58. The molecule has 0 aliphatic heterocycles. The molecule has 0 amide bonds. The molecular weight excluding hydrogens is 110 g/mol. The number of nitrogens with zero attached hydrogens (tertiary/aromatic N) is 1. The molecule has 0 aliphatic rings. The summed E-state index contributed by atoms with van der Waals surface area (Å²) in [6.07, 6.45) is 3.47. The molecule has 9 heavy (non-hydrogen) atoms. The summed E-state index contributed by atoms with van der Waals surface area (Å²) in [7, 11) is 0. The lowest BCUT2D eigenvalue weighted by Crippen LogP contribution is -1.99. The van der Waals surface area contributed by atoms with Crippen molar-refractivity contribution in [1.29, 1.82) is 0 Å². The Morgan fingerprint density at radius 2 is 2.22 bits per heavy atom. The third kappa shape index (κ3) is 3.99. The average Bonchev–Trinajstić information content (AvgIpc) is 1.88. The predicted molar refractivity (Wildman–Crippen MR) is 42.0 cm³/mol. The highest BCUT2D eigenvalue weighted by Crippen LogP contribution is 2.03. The van der Waals surface area contributed by atoms with E-state index in [1.807, 2.05) is 0 Å². The number of aliphatic imine (C=N–C) groups is 1. The molecule has 0 saturated heterocycles. The van der Waals surface area contributed by atoms with E-state index in [1.165, 1.54) is 12.8 Å². The van der Waals surface area contributed by atoms with Gasteiger partial charge in [-0.2, -0.15) is 0 Å². The molecule has 0 radical (unpaired) electrons. The molecule has 1 heteroatoms. The Labute approximate surface area is 57.5 Å². The van der Waals surface area contributed by atoms with Crippen molar-refractivity contribution in [2.75, 3.05) is 0 Å². The molecule has 0 rings (SSSR count). The highest BCUT2D eigenvalue weighted by Gasteiger charge is 1.98. The molecule has 0 spiro atoms. The lowest BCUT2D eigenvalue weighted by molar-refractivity contribution is 0.592. The van der Waals surface area contributed by atoms with Gasteiger partial charge in [0.25, 0.3) is 0 Å². The molecule has 0 aliphatic carbocycles. The zero-order valence-electron chi connectivity index (χ0n) is 6.35. The van der Waals surface area contributed by atoms with Crippen LogP contribution in [-0.4, -0.2) is 11.9 Å². The first-order chi connectivity index (χ1) is 4.35. The van der Waals surface area contributed by atoms with Crippen LogP contribution in [0.2, 0.25) is 0 Å². The quantitative estimate of drug-likeness (QED) is 0.512. The van der Waals surface area contributed by atoms with Crippen molar-refractivity contribution in [3.05, 3.63) is 6.58 Å². The van der Waals surface area contributed by atoms with Crippen LogP contribution < -0.4 is 0 Å². The minimum Gasteiger partial charge on any atom is -0.240 e. The molecule has 0 fully saturated rings. The van der Waals surface area contributed by atoms with Gasteiger partial charge in [0.15, 0.2) is 0 Å². The molecule has 0 aromatic carbocycles. The van der Waals surface area contributed by atoms with E-state index in [4.69, 9.17) is 0 Å². The zero-order valence-corrected chi connectivity index (χ0v) is 6.35. The van der Waals surface area contributed by atoms with Gasteiger partial charge in [-0.3, -0.25) is 0 Å². The van der Waals surface area contributed by atoms with Gasteiger partial charge in [-0.25, -0.2) is 4.99 Å². The molecule has 1 unspecified atom stereocenters. The molecule has 52 valence electrons. The van der Waals surface area contributed by atoms with Gasteiger partial charge in [-0.15, -0.1) is 0 Å². The van der Waals surface area contributed by atoms with Crippen molar-refractivity contribution in [3.8, 4) is 0 Å².